The number of amides is 1. The van der Waals surface area contributed by atoms with Crippen LogP contribution >= 0.6 is 7.92 Å². The van der Waals surface area contributed by atoms with E-state index in [0.29, 0.717) is 6.42 Å². The van der Waals surface area contributed by atoms with Crippen molar-refractivity contribution in [1.29, 1.82) is 0 Å². The van der Waals surface area contributed by atoms with Gasteiger partial charge in [0.05, 0.1) is 7.92 Å². The van der Waals surface area contributed by atoms with Crippen LogP contribution in [0.2, 0.25) is 0 Å². The lowest BCUT2D eigenvalue weighted by Gasteiger charge is -2.10. The lowest BCUT2D eigenvalue weighted by molar-refractivity contribution is -0.128. The largest absolute Gasteiger partial charge is 1.00 e. The molecular weight excluding hydrogens is 441 g/mol. The van der Waals surface area contributed by atoms with Gasteiger partial charge in [0.25, 0.3) is 0 Å². The molecule has 0 aliphatic carbocycles. The SMILES string of the molecule is CCCCC(=O)N(C)C.[Br-].c1ccc([PH+](c2ccccc2)c2ccccc2)cc1. The number of carbonyl (C=O) groups excluding carboxylic acids is 1. The van der Waals surface area contributed by atoms with Crippen LogP contribution in [0.4, 0.5) is 0 Å². The van der Waals surface area contributed by atoms with Crippen LogP contribution in [0.25, 0.3) is 0 Å². The Morgan fingerprint density at radius 3 is 1.34 bits per heavy atom. The van der Waals surface area contributed by atoms with Crippen molar-refractivity contribution in [2.24, 2.45) is 0 Å². The van der Waals surface area contributed by atoms with Gasteiger partial charge in [0.2, 0.25) is 5.91 Å². The summed E-state index contributed by atoms with van der Waals surface area (Å²) in [6.07, 6.45) is 2.81. The van der Waals surface area contributed by atoms with Crippen LogP contribution in [0.3, 0.4) is 0 Å². The maximum Gasteiger partial charge on any atom is 0.222 e. The van der Waals surface area contributed by atoms with Gasteiger partial charge < -0.3 is 21.9 Å². The van der Waals surface area contributed by atoms with Crippen LogP contribution in [-0.4, -0.2) is 24.9 Å². The fourth-order valence-corrected chi connectivity index (χ4v) is 5.44. The first kappa shape index (κ1) is 25.1. The molecule has 0 bridgehead atoms. The zero-order valence-corrected chi connectivity index (χ0v) is 20.1. The molecule has 0 atom stereocenters. The van der Waals surface area contributed by atoms with Gasteiger partial charge in [-0.05, 0) is 42.8 Å². The van der Waals surface area contributed by atoms with Gasteiger partial charge in [-0.3, -0.25) is 4.79 Å². The molecule has 154 valence electrons. The van der Waals surface area contributed by atoms with E-state index in [4.69, 9.17) is 0 Å². The zero-order valence-electron chi connectivity index (χ0n) is 17.5. The van der Waals surface area contributed by atoms with E-state index in [0.717, 1.165) is 12.8 Å². The molecule has 0 radical (unpaired) electrons. The van der Waals surface area contributed by atoms with Crippen molar-refractivity contribution < 1.29 is 21.8 Å². The summed E-state index contributed by atoms with van der Waals surface area (Å²) in [5.74, 6) is 0.233. The van der Waals surface area contributed by atoms with Gasteiger partial charge in [0.1, 0.15) is 15.9 Å². The summed E-state index contributed by atoms with van der Waals surface area (Å²) in [6.45, 7) is 2.09. The highest BCUT2D eigenvalue weighted by Crippen LogP contribution is 2.32. The Morgan fingerprint density at radius 1 is 0.724 bits per heavy atom. The molecule has 3 aromatic carbocycles. The summed E-state index contributed by atoms with van der Waals surface area (Å²) in [5.41, 5.74) is 0. The van der Waals surface area contributed by atoms with Crippen LogP contribution in [-0.2, 0) is 4.79 Å². The molecule has 29 heavy (non-hydrogen) atoms. The van der Waals surface area contributed by atoms with Crippen molar-refractivity contribution in [3.63, 3.8) is 0 Å². The number of benzene rings is 3. The van der Waals surface area contributed by atoms with Gasteiger partial charge in [-0.1, -0.05) is 67.9 Å². The molecule has 0 aliphatic rings. The Kier molecular flexibility index (Phi) is 12.2. The van der Waals surface area contributed by atoms with Gasteiger partial charge in [0, 0.05) is 20.5 Å². The zero-order chi connectivity index (χ0) is 20.2. The normalized spacial score (nSPS) is 9.79. The van der Waals surface area contributed by atoms with E-state index in [2.05, 4.69) is 97.9 Å². The molecule has 0 aromatic heterocycles. The summed E-state index contributed by atoms with van der Waals surface area (Å²) in [5, 5.41) is 4.31. The predicted molar refractivity (Wildman–Crippen MR) is 125 cm³/mol. The monoisotopic (exact) mass is 471 g/mol. The fraction of sp³-hybridized carbons (Fsp3) is 0.240. The molecule has 0 fully saturated rings. The minimum atomic E-state index is -0.877. The summed E-state index contributed by atoms with van der Waals surface area (Å²) in [7, 11) is 2.70. The minimum absolute atomic E-state index is 0. The molecule has 3 rings (SSSR count). The van der Waals surface area contributed by atoms with Gasteiger partial charge in [-0.25, -0.2) is 0 Å². The summed E-state index contributed by atoms with van der Waals surface area (Å²) < 4.78 is 0. The molecule has 4 heteroatoms. The number of carbonyl (C=O) groups is 1. The molecule has 0 unspecified atom stereocenters. The first-order valence-corrected chi connectivity index (χ1v) is 11.4. The second-order valence-corrected chi connectivity index (χ2v) is 9.35. The highest BCUT2D eigenvalue weighted by molar-refractivity contribution is 7.79. The quantitative estimate of drug-likeness (QED) is 0.498. The van der Waals surface area contributed by atoms with Crippen LogP contribution < -0.4 is 32.9 Å². The molecule has 2 nitrogen and oxygen atoms in total. The molecule has 1 amide bonds. The Balaban J connectivity index is 0.000000362. The molecule has 3 aromatic rings. The predicted octanol–water partition coefficient (Wildman–Crippen LogP) is 1.45. The summed E-state index contributed by atoms with van der Waals surface area (Å²) in [4.78, 5) is 12.5. The van der Waals surface area contributed by atoms with E-state index in [1.54, 1.807) is 19.0 Å². The number of halogens is 1. The minimum Gasteiger partial charge on any atom is -1.00 e. The lowest BCUT2D eigenvalue weighted by atomic mass is 10.2. The maximum absolute atomic E-state index is 10.8. The molecule has 0 heterocycles. The van der Waals surface area contributed by atoms with Crippen LogP contribution in [0.1, 0.15) is 26.2 Å². The summed E-state index contributed by atoms with van der Waals surface area (Å²) >= 11 is 0. The standard InChI is InChI=1S/C18H15P.C7H15NO.BrH/c1-4-10-16(11-5-1)19(17-12-6-2-7-13-17)18-14-8-3-9-15-18;1-4-5-6-7(9)8(2)3;/h1-15H;4-6H2,1-3H3;1H. The van der Waals surface area contributed by atoms with E-state index < -0.39 is 7.92 Å². The first-order valence-electron chi connectivity index (χ1n) is 9.86. The van der Waals surface area contributed by atoms with E-state index >= 15 is 0 Å². The van der Waals surface area contributed by atoms with Crippen molar-refractivity contribution in [2.75, 3.05) is 14.1 Å². The molecule has 0 saturated carbocycles. The first-order chi connectivity index (χ1) is 13.6. The van der Waals surface area contributed by atoms with Crippen molar-refractivity contribution in [2.45, 2.75) is 26.2 Å². The Bertz CT molecular complexity index is 716. The van der Waals surface area contributed by atoms with Crippen LogP contribution in [0, 0.1) is 0 Å². The van der Waals surface area contributed by atoms with Crippen LogP contribution in [0.15, 0.2) is 91.0 Å². The van der Waals surface area contributed by atoms with Gasteiger partial charge in [-0.2, -0.15) is 0 Å². The fourth-order valence-electron chi connectivity index (χ4n) is 2.87. The van der Waals surface area contributed by atoms with Crippen molar-refractivity contribution in [3.8, 4) is 0 Å². The number of hydrogen-bond acceptors (Lipinski definition) is 1. The molecular formula is C25H31BrNOP. The number of nitrogens with zero attached hydrogens (tertiary/aromatic N) is 1. The van der Waals surface area contributed by atoms with Crippen molar-refractivity contribution in [3.05, 3.63) is 91.0 Å². The molecule has 0 N–H and O–H groups in total. The molecule has 0 aliphatic heterocycles. The maximum atomic E-state index is 10.8. The van der Waals surface area contributed by atoms with E-state index in [-0.39, 0.29) is 22.9 Å². The Morgan fingerprint density at radius 2 is 1.07 bits per heavy atom. The van der Waals surface area contributed by atoms with Gasteiger partial charge in [0.15, 0.2) is 0 Å². The molecule has 0 saturated heterocycles. The highest BCUT2D eigenvalue weighted by Gasteiger charge is 2.24. The molecule has 0 spiro atoms. The van der Waals surface area contributed by atoms with Crippen molar-refractivity contribution in [1.82, 2.24) is 4.90 Å². The van der Waals surface area contributed by atoms with E-state index in [1.165, 1.54) is 15.9 Å². The summed E-state index contributed by atoms with van der Waals surface area (Å²) in [6, 6.07) is 32.5. The van der Waals surface area contributed by atoms with Crippen molar-refractivity contribution >= 4 is 29.7 Å². The van der Waals surface area contributed by atoms with Gasteiger partial charge >= 0.3 is 0 Å². The smallest absolute Gasteiger partial charge is 0.222 e. The number of rotatable bonds is 6. The topological polar surface area (TPSA) is 20.3 Å². The van der Waals surface area contributed by atoms with E-state index in [1.807, 2.05) is 0 Å². The number of hydrogen-bond donors (Lipinski definition) is 0. The average molecular weight is 472 g/mol. The second kappa shape index (κ2) is 14.1. The average Bonchev–Trinajstić information content (AvgIpc) is 2.75. The Labute approximate surface area is 187 Å². The van der Waals surface area contributed by atoms with Crippen LogP contribution in [0.5, 0.6) is 0 Å². The Hall–Kier alpha value is -1.96. The van der Waals surface area contributed by atoms with E-state index in [9.17, 15) is 4.79 Å². The third kappa shape index (κ3) is 8.51. The van der Waals surface area contributed by atoms with Gasteiger partial charge in [-0.15, -0.1) is 0 Å². The third-order valence-corrected chi connectivity index (χ3v) is 7.16. The highest BCUT2D eigenvalue weighted by atomic mass is 79.9. The third-order valence-electron chi connectivity index (χ3n) is 4.43. The number of unbranched alkanes of at least 4 members (excludes halogenated alkanes) is 1. The lowest BCUT2D eigenvalue weighted by Crippen LogP contribution is -3.00. The second-order valence-electron chi connectivity index (χ2n) is 6.86.